The standard InChI is InChI=1S/C15H15BrN2O3/c1-21-9-7-13(15(19)20)18(8-9)14-11-3-2-4-12(16)10(11)5-6-17-14/h2-6,9,13H,7-8H2,1H3,(H,19,20). The maximum absolute atomic E-state index is 11.5. The molecule has 1 N–H and O–H groups in total. The Morgan fingerprint density at radius 1 is 1.43 bits per heavy atom. The van der Waals surface area contributed by atoms with E-state index in [1.165, 1.54) is 0 Å². The third-order valence-electron chi connectivity index (χ3n) is 3.88. The van der Waals surface area contributed by atoms with Crippen molar-refractivity contribution in [1.82, 2.24) is 4.98 Å². The van der Waals surface area contributed by atoms with Gasteiger partial charge in [0.25, 0.3) is 0 Å². The van der Waals surface area contributed by atoms with Crippen LogP contribution in [0.5, 0.6) is 0 Å². The first-order valence-electron chi connectivity index (χ1n) is 6.67. The number of halogens is 1. The Hall–Kier alpha value is -1.66. The van der Waals surface area contributed by atoms with Gasteiger partial charge in [-0.3, -0.25) is 0 Å². The molecule has 5 nitrogen and oxygen atoms in total. The molecule has 21 heavy (non-hydrogen) atoms. The molecule has 3 rings (SSSR count). The van der Waals surface area contributed by atoms with Gasteiger partial charge in [0.15, 0.2) is 0 Å². The second-order valence-electron chi connectivity index (χ2n) is 5.07. The monoisotopic (exact) mass is 350 g/mol. The summed E-state index contributed by atoms with van der Waals surface area (Å²) in [6, 6.07) is 7.16. The van der Waals surface area contributed by atoms with Crippen molar-refractivity contribution in [1.29, 1.82) is 0 Å². The first kappa shape index (κ1) is 14.3. The van der Waals surface area contributed by atoms with Gasteiger partial charge in [0, 0.05) is 41.5 Å². The summed E-state index contributed by atoms with van der Waals surface area (Å²) >= 11 is 3.52. The molecule has 0 radical (unpaired) electrons. The van der Waals surface area contributed by atoms with Gasteiger partial charge in [-0.05, 0) is 12.1 Å². The maximum Gasteiger partial charge on any atom is 0.326 e. The SMILES string of the molecule is COC1CC(C(=O)O)N(c2nccc3c(Br)cccc23)C1. The average Bonchev–Trinajstić information content (AvgIpc) is 2.91. The molecule has 0 bridgehead atoms. The van der Waals surface area contributed by atoms with Crippen LogP contribution in [0, 0.1) is 0 Å². The van der Waals surface area contributed by atoms with Crippen LogP contribution in [-0.2, 0) is 9.53 Å². The van der Waals surface area contributed by atoms with Gasteiger partial charge >= 0.3 is 5.97 Å². The van der Waals surface area contributed by atoms with E-state index in [0.29, 0.717) is 18.8 Å². The molecule has 1 fully saturated rings. The summed E-state index contributed by atoms with van der Waals surface area (Å²) in [4.78, 5) is 17.8. The zero-order valence-electron chi connectivity index (χ0n) is 11.5. The minimum Gasteiger partial charge on any atom is -0.480 e. The lowest BCUT2D eigenvalue weighted by molar-refractivity contribution is -0.138. The Kier molecular flexibility index (Phi) is 3.82. The zero-order valence-corrected chi connectivity index (χ0v) is 13.1. The van der Waals surface area contributed by atoms with Crippen LogP contribution in [0.2, 0.25) is 0 Å². The molecule has 0 spiro atoms. The predicted octanol–water partition coefficient (Wildman–Crippen LogP) is 2.68. The van der Waals surface area contributed by atoms with Gasteiger partial charge in [-0.25, -0.2) is 9.78 Å². The Labute approximate surface area is 130 Å². The van der Waals surface area contributed by atoms with Crippen LogP contribution in [0.15, 0.2) is 34.9 Å². The fourth-order valence-corrected chi connectivity index (χ4v) is 3.32. The van der Waals surface area contributed by atoms with Crippen molar-refractivity contribution in [3.63, 3.8) is 0 Å². The number of hydrogen-bond donors (Lipinski definition) is 1. The van der Waals surface area contributed by atoms with Gasteiger partial charge in [-0.2, -0.15) is 0 Å². The number of pyridine rings is 1. The van der Waals surface area contributed by atoms with Crippen molar-refractivity contribution in [2.75, 3.05) is 18.6 Å². The third-order valence-corrected chi connectivity index (χ3v) is 4.58. The second-order valence-corrected chi connectivity index (χ2v) is 5.92. The third kappa shape index (κ3) is 2.49. The summed E-state index contributed by atoms with van der Waals surface area (Å²) in [5, 5.41) is 11.4. The van der Waals surface area contributed by atoms with Gasteiger partial charge in [-0.15, -0.1) is 0 Å². The number of carboxylic acids is 1. The van der Waals surface area contributed by atoms with Crippen molar-refractivity contribution in [2.24, 2.45) is 0 Å². The van der Waals surface area contributed by atoms with Gasteiger partial charge in [0.1, 0.15) is 11.9 Å². The summed E-state index contributed by atoms with van der Waals surface area (Å²) in [6.07, 6.45) is 2.09. The van der Waals surface area contributed by atoms with E-state index < -0.39 is 12.0 Å². The highest BCUT2D eigenvalue weighted by molar-refractivity contribution is 9.10. The van der Waals surface area contributed by atoms with Crippen LogP contribution in [0.4, 0.5) is 5.82 Å². The summed E-state index contributed by atoms with van der Waals surface area (Å²) in [7, 11) is 1.61. The van der Waals surface area contributed by atoms with Crippen molar-refractivity contribution in [3.05, 3.63) is 34.9 Å². The number of aliphatic carboxylic acids is 1. The van der Waals surface area contributed by atoms with E-state index in [1.54, 1.807) is 13.3 Å². The lowest BCUT2D eigenvalue weighted by atomic mass is 10.1. The molecule has 1 aromatic carbocycles. The van der Waals surface area contributed by atoms with Crippen LogP contribution in [0.3, 0.4) is 0 Å². The van der Waals surface area contributed by atoms with E-state index in [9.17, 15) is 9.90 Å². The Morgan fingerprint density at radius 2 is 2.24 bits per heavy atom. The number of rotatable bonds is 3. The topological polar surface area (TPSA) is 62.7 Å². The lowest BCUT2D eigenvalue weighted by Gasteiger charge is -2.23. The molecule has 1 aromatic heterocycles. The summed E-state index contributed by atoms with van der Waals surface area (Å²) in [6.45, 7) is 0.534. The summed E-state index contributed by atoms with van der Waals surface area (Å²) in [5.74, 6) is -0.149. The normalized spacial score (nSPS) is 21.9. The van der Waals surface area contributed by atoms with Crippen LogP contribution < -0.4 is 4.90 Å². The first-order valence-corrected chi connectivity index (χ1v) is 7.46. The van der Waals surface area contributed by atoms with E-state index in [1.807, 2.05) is 29.2 Å². The molecule has 0 saturated carbocycles. The molecule has 2 unspecified atom stereocenters. The molecule has 1 saturated heterocycles. The van der Waals surface area contributed by atoms with E-state index >= 15 is 0 Å². The van der Waals surface area contributed by atoms with E-state index in [2.05, 4.69) is 20.9 Å². The number of aromatic nitrogens is 1. The first-order chi connectivity index (χ1) is 10.1. The van der Waals surface area contributed by atoms with Gasteiger partial charge in [-0.1, -0.05) is 28.1 Å². The molecule has 0 aliphatic carbocycles. The maximum atomic E-state index is 11.5. The van der Waals surface area contributed by atoms with Gasteiger partial charge in [0.2, 0.25) is 0 Å². The molecule has 2 aromatic rings. The highest BCUT2D eigenvalue weighted by atomic mass is 79.9. The zero-order chi connectivity index (χ0) is 15.0. The number of ether oxygens (including phenoxy) is 1. The van der Waals surface area contributed by atoms with E-state index in [4.69, 9.17) is 4.74 Å². The van der Waals surface area contributed by atoms with E-state index in [0.717, 1.165) is 15.2 Å². The Morgan fingerprint density at radius 3 is 2.95 bits per heavy atom. The fraction of sp³-hybridized carbons (Fsp3) is 0.333. The van der Waals surface area contributed by atoms with E-state index in [-0.39, 0.29) is 6.10 Å². The fourth-order valence-electron chi connectivity index (χ4n) is 2.82. The average molecular weight is 351 g/mol. The lowest BCUT2D eigenvalue weighted by Crippen LogP contribution is -2.36. The van der Waals surface area contributed by atoms with Crippen molar-refractivity contribution < 1.29 is 14.6 Å². The van der Waals surface area contributed by atoms with Crippen molar-refractivity contribution in [2.45, 2.75) is 18.6 Å². The largest absolute Gasteiger partial charge is 0.480 e. The molecule has 1 aliphatic rings. The summed E-state index contributed by atoms with van der Waals surface area (Å²) < 4.78 is 6.31. The molecular weight excluding hydrogens is 336 g/mol. The number of nitrogens with zero attached hydrogens (tertiary/aromatic N) is 2. The predicted molar refractivity (Wildman–Crippen MR) is 83.6 cm³/mol. The second kappa shape index (κ2) is 5.61. The number of methoxy groups -OCH3 is 1. The highest BCUT2D eigenvalue weighted by Gasteiger charge is 2.38. The van der Waals surface area contributed by atoms with Gasteiger partial charge < -0.3 is 14.7 Å². The minimum absolute atomic E-state index is 0.0877. The smallest absolute Gasteiger partial charge is 0.326 e. The van der Waals surface area contributed by atoms with Crippen LogP contribution >= 0.6 is 15.9 Å². The number of anilines is 1. The Balaban J connectivity index is 2.11. The van der Waals surface area contributed by atoms with Crippen LogP contribution in [0.25, 0.3) is 10.8 Å². The van der Waals surface area contributed by atoms with Crippen LogP contribution in [0.1, 0.15) is 6.42 Å². The summed E-state index contributed by atoms with van der Waals surface area (Å²) in [5.41, 5.74) is 0. The number of carbonyl (C=O) groups is 1. The number of carboxylic acid groups (broad SMARTS) is 1. The number of fused-ring (bicyclic) bond motifs is 1. The van der Waals surface area contributed by atoms with Crippen LogP contribution in [-0.4, -0.2) is 41.9 Å². The van der Waals surface area contributed by atoms with Crippen molar-refractivity contribution >= 4 is 38.5 Å². The number of benzene rings is 1. The number of hydrogen-bond acceptors (Lipinski definition) is 4. The molecule has 110 valence electrons. The quantitative estimate of drug-likeness (QED) is 0.921. The molecule has 1 aliphatic heterocycles. The van der Waals surface area contributed by atoms with Gasteiger partial charge in [0.05, 0.1) is 6.10 Å². The highest BCUT2D eigenvalue weighted by Crippen LogP contribution is 2.33. The molecule has 6 heteroatoms. The molecular formula is C15H15BrN2O3. The molecule has 2 atom stereocenters. The Bertz CT molecular complexity index is 692. The molecule has 0 amide bonds. The minimum atomic E-state index is -0.844. The van der Waals surface area contributed by atoms with Crippen molar-refractivity contribution in [3.8, 4) is 0 Å². The molecule has 2 heterocycles.